The highest BCUT2D eigenvalue weighted by molar-refractivity contribution is 5.97. The fraction of sp³-hybridized carbons (Fsp3) is 0.925. The number of fused-ring (bicyclic) bond motifs is 7. The van der Waals surface area contributed by atoms with Gasteiger partial charge in [0.25, 0.3) is 0 Å². The van der Waals surface area contributed by atoms with E-state index in [1.165, 1.54) is 51.6 Å². The average molecular weight is 665 g/mol. The van der Waals surface area contributed by atoms with Crippen LogP contribution >= 0.6 is 0 Å². The summed E-state index contributed by atoms with van der Waals surface area (Å²) in [4.78, 5) is 45.3. The summed E-state index contributed by atoms with van der Waals surface area (Å²) in [7, 11) is 0. The van der Waals surface area contributed by atoms with Gasteiger partial charge in [-0.25, -0.2) is 0 Å². The topological polar surface area (TPSA) is 91.0 Å². The summed E-state index contributed by atoms with van der Waals surface area (Å²) in [6.45, 7) is 14.5. The highest BCUT2D eigenvalue weighted by atomic mass is 16.5. The Bertz CT molecular complexity index is 1250. The minimum atomic E-state index is -0.275. The number of hydrogen-bond acceptors (Lipinski definition) is 6. The van der Waals surface area contributed by atoms with Crippen LogP contribution in [-0.2, 0) is 19.1 Å². The molecule has 268 valence electrons. The quantitative estimate of drug-likeness (QED) is 0.384. The molecule has 0 aromatic carbocycles. The lowest BCUT2D eigenvalue weighted by atomic mass is 9.44. The van der Waals surface area contributed by atoms with E-state index in [2.05, 4.69) is 43.2 Å². The SMILES string of the molecule is C[C@H]1CC[C@@]2(NC1)O[C@H]1C[C@H]3[C@@H]4CC[C@@H]5C[C@H](NC(=O)CC(=O)N6CCC(N7CCCCC7)CC6)CC[C@]5(C)[C@H]4CC(=O)[C@]3(C)[C@H]1[C@@H]2C. The van der Waals surface area contributed by atoms with Gasteiger partial charge in [0.1, 0.15) is 17.9 Å². The highest BCUT2D eigenvalue weighted by Gasteiger charge is 2.71. The van der Waals surface area contributed by atoms with E-state index in [1.807, 2.05) is 4.90 Å². The highest BCUT2D eigenvalue weighted by Crippen LogP contribution is 2.70. The van der Waals surface area contributed by atoms with Crippen molar-refractivity contribution < 1.29 is 19.1 Å². The maximum atomic E-state index is 14.5. The fourth-order valence-corrected chi connectivity index (χ4v) is 13.6. The molecular weight excluding hydrogens is 600 g/mol. The first-order valence-electron chi connectivity index (χ1n) is 20.3. The first-order chi connectivity index (χ1) is 23.0. The number of ketones is 1. The van der Waals surface area contributed by atoms with Gasteiger partial charge in [-0.2, -0.15) is 0 Å². The number of carbonyl (C=O) groups excluding carboxylic acids is 3. The van der Waals surface area contributed by atoms with Crippen LogP contribution in [0, 0.1) is 52.3 Å². The molecule has 2 N–H and O–H groups in total. The summed E-state index contributed by atoms with van der Waals surface area (Å²) in [5, 5.41) is 7.12. The van der Waals surface area contributed by atoms with Gasteiger partial charge in [-0.1, -0.05) is 34.1 Å². The molecule has 0 bridgehead atoms. The van der Waals surface area contributed by atoms with Crippen LogP contribution in [0.25, 0.3) is 0 Å². The van der Waals surface area contributed by atoms with Gasteiger partial charge in [0.2, 0.25) is 11.8 Å². The number of ether oxygens (including phenoxy) is 1. The Morgan fingerprint density at radius 1 is 0.917 bits per heavy atom. The smallest absolute Gasteiger partial charge is 0.232 e. The maximum absolute atomic E-state index is 14.5. The van der Waals surface area contributed by atoms with Gasteiger partial charge in [-0.15, -0.1) is 0 Å². The Hall–Kier alpha value is -1.51. The summed E-state index contributed by atoms with van der Waals surface area (Å²) < 4.78 is 7.01. The molecule has 0 aromatic rings. The molecule has 0 aromatic heterocycles. The monoisotopic (exact) mass is 664 g/mol. The third-order valence-electron chi connectivity index (χ3n) is 16.4. The first kappa shape index (κ1) is 33.6. The Labute approximate surface area is 289 Å². The number of carbonyl (C=O) groups is 3. The summed E-state index contributed by atoms with van der Waals surface area (Å²) in [5.74, 6) is 3.73. The second-order valence-corrected chi connectivity index (χ2v) is 18.6. The molecule has 8 heteroatoms. The van der Waals surface area contributed by atoms with Gasteiger partial charge < -0.3 is 19.9 Å². The number of likely N-dealkylation sites (tertiary alicyclic amines) is 2. The van der Waals surface area contributed by atoms with E-state index >= 15 is 0 Å². The van der Waals surface area contributed by atoms with E-state index in [0.29, 0.717) is 53.3 Å². The second kappa shape index (κ2) is 12.6. The van der Waals surface area contributed by atoms with Gasteiger partial charge >= 0.3 is 0 Å². The van der Waals surface area contributed by atoms with Crippen molar-refractivity contribution in [2.24, 2.45) is 52.3 Å². The van der Waals surface area contributed by atoms with E-state index in [9.17, 15) is 14.4 Å². The van der Waals surface area contributed by atoms with Crippen LogP contribution in [-0.4, -0.2) is 84.0 Å². The molecule has 12 atom stereocenters. The predicted molar refractivity (Wildman–Crippen MR) is 186 cm³/mol. The van der Waals surface area contributed by atoms with Gasteiger partial charge in [0.05, 0.1) is 6.10 Å². The summed E-state index contributed by atoms with van der Waals surface area (Å²) in [6.07, 6.45) is 15.6. The van der Waals surface area contributed by atoms with Crippen LogP contribution in [0.4, 0.5) is 0 Å². The van der Waals surface area contributed by atoms with Gasteiger partial charge in [0.15, 0.2) is 0 Å². The van der Waals surface area contributed by atoms with Crippen molar-refractivity contribution >= 4 is 17.6 Å². The first-order valence-corrected chi connectivity index (χ1v) is 20.3. The van der Waals surface area contributed by atoms with Crippen molar-refractivity contribution in [3.05, 3.63) is 0 Å². The molecule has 0 radical (unpaired) electrons. The lowest BCUT2D eigenvalue weighted by Gasteiger charge is -2.60. The molecule has 0 unspecified atom stereocenters. The van der Waals surface area contributed by atoms with Crippen LogP contribution in [0.15, 0.2) is 0 Å². The van der Waals surface area contributed by atoms with Crippen LogP contribution in [0.5, 0.6) is 0 Å². The van der Waals surface area contributed by atoms with Crippen molar-refractivity contribution in [1.29, 1.82) is 0 Å². The van der Waals surface area contributed by atoms with Crippen molar-refractivity contribution in [2.75, 3.05) is 32.7 Å². The van der Waals surface area contributed by atoms with Crippen molar-refractivity contribution in [1.82, 2.24) is 20.4 Å². The van der Waals surface area contributed by atoms with Crippen LogP contribution in [0.2, 0.25) is 0 Å². The Kier molecular flexibility index (Phi) is 8.84. The third-order valence-corrected chi connectivity index (χ3v) is 16.4. The fourth-order valence-electron chi connectivity index (χ4n) is 13.6. The standard InChI is InChI=1S/C40H64N4O4/c1-25-10-15-40(41-24-25)26(2)37-33(48-40)21-32-30-9-8-27-20-28(11-14-38(27,3)31(30)22-34(45)39(32,37)4)42-35(46)23-36(47)44-18-12-29(13-19-44)43-16-6-5-7-17-43/h25-33,37,41H,5-24H2,1-4H3,(H,42,46)/t25-,26-,27+,28+,30+,31-,32-,33-,37-,38-,39+,40+/m0/s1. The largest absolute Gasteiger partial charge is 0.357 e. The number of amides is 2. The molecule has 1 spiro atoms. The van der Waals surface area contributed by atoms with E-state index < -0.39 is 0 Å². The van der Waals surface area contributed by atoms with Crippen molar-refractivity contribution in [2.45, 2.75) is 148 Å². The van der Waals surface area contributed by atoms with E-state index in [1.54, 1.807) is 0 Å². The Balaban J connectivity index is 0.860. The van der Waals surface area contributed by atoms with Crippen LogP contribution in [0.1, 0.15) is 124 Å². The molecular formula is C40H64N4O4. The maximum Gasteiger partial charge on any atom is 0.232 e. The number of Topliss-reactive ketones (excluding diaryl/α,β-unsaturated/α-hetero) is 1. The molecule has 48 heavy (non-hydrogen) atoms. The molecule has 2 amide bonds. The number of piperidine rings is 3. The zero-order valence-electron chi connectivity index (χ0n) is 30.4. The Morgan fingerprint density at radius 3 is 2.42 bits per heavy atom. The normalized spacial score (nSPS) is 48.0. The lowest BCUT2D eigenvalue weighted by molar-refractivity contribution is -0.160. The molecule has 4 aliphatic heterocycles. The van der Waals surface area contributed by atoms with Gasteiger partial charge in [-0.3, -0.25) is 19.7 Å². The molecule has 4 aliphatic carbocycles. The molecule has 4 saturated heterocycles. The number of rotatable bonds is 4. The van der Waals surface area contributed by atoms with Crippen LogP contribution in [0.3, 0.4) is 0 Å². The zero-order chi connectivity index (χ0) is 33.4. The molecule has 8 nitrogen and oxygen atoms in total. The molecule has 4 heterocycles. The molecule has 8 rings (SSSR count). The van der Waals surface area contributed by atoms with E-state index in [-0.39, 0.29) is 46.9 Å². The van der Waals surface area contributed by atoms with Gasteiger partial charge in [0, 0.05) is 55.4 Å². The Morgan fingerprint density at radius 2 is 1.69 bits per heavy atom. The summed E-state index contributed by atoms with van der Waals surface area (Å²) >= 11 is 0. The van der Waals surface area contributed by atoms with Crippen LogP contribution < -0.4 is 10.6 Å². The molecule has 8 aliphatic rings. The number of nitrogens with zero attached hydrogens (tertiary/aromatic N) is 2. The minimum Gasteiger partial charge on any atom is -0.357 e. The third kappa shape index (κ3) is 5.43. The molecule has 4 saturated carbocycles. The predicted octanol–water partition coefficient (Wildman–Crippen LogP) is 5.54. The lowest BCUT2D eigenvalue weighted by Crippen LogP contribution is -2.60. The number of nitrogens with one attached hydrogen (secondary N) is 2. The summed E-state index contributed by atoms with van der Waals surface area (Å²) in [5.41, 5.74) is -0.376. The second-order valence-electron chi connectivity index (χ2n) is 18.6. The average Bonchev–Trinajstić information content (AvgIpc) is 3.53. The van der Waals surface area contributed by atoms with E-state index in [0.717, 1.165) is 71.0 Å². The minimum absolute atomic E-state index is 0.00565. The van der Waals surface area contributed by atoms with Gasteiger partial charge in [-0.05, 0) is 125 Å². The number of hydrogen-bond donors (Lipinski definition) is 2. The van der Waals surface area contributed by atoms with E-state index in [4.69, 9.17) is 4.74 Å². The summed E-state index contributed by atoms with van der Waals surface area (Å²) in [6, 6.07) is 0.736. The molecule has 8 fully saturated rings. The van der Waals surface area contributed by atoms with Crippen molar-refractivity contribution in [3.63, 3.8) is 0 Å². The zero-order valence-corrected chi connectivity index (χ0v) is 30.4. The van der Waals surface area contributed by atoms with Crippen molar-refractivity contribution in [3.8, 4) is 0 Å².